The summed E-state index contributed by atoms with van der Waals surface area (Å²) < 4.78 is 41.5. The smallest absolute Gasteiger partial charge is 0.306 e. The van der Waals surface area contributed by atoms with Crippen molar-refractivity contribution in [1.29, 1.82) is 0 Å². The number of carbonyl (C=O) groups is 1. The van der Waals surface area contributed by atoms with E-state index >= 15 is 0 Å². The Balaban J connectivity index is 1.97. The Hall–Kier alpha value is -3.29. The molecule has 5 nitrogen and oxygen atoms in total. The van der Waals surface area contributed by atoms with Crippen molar-refractivity contribution >= 4 is 5.97 Å². The summed E-state index contributed by atoms with van der Waals surface area (Å²) in [6, 6.07) is 16.3. The molecule has 2 atom stereocenters. The molecule has 0 amide bonds. The van der Waals surface area contributed by atoms with Gasteiger partial charge in [-0.3, -0.25) is 4.79 Å². The quantitative estimate of drug-likeness (QED) is 0.320. The highest BCUT2D eigenvalue weighted by Gasteiger charge is 2.30. The first-order valence-corrected chi connectivity index (χ1v) is 11.8. The van der Waals surface area contributed by atoms with Gasteiger partial charge in [-0.05, 0) is 47.2 Å². The lowest BCUT2D eigenvalue weighted by atomic mass is 9.81. The number of aliphatic hydroxyl groups excluding tert-OH is 1. The van der Waals surface area contributed by atoms with Gasteiger partial charge in [0.05, 0.1) is 18.6 Å². The van der Waals surface area contributed by atoms with Crippen LogP contribution in [0.5, 0.6) is 5.75 Å². The largest absolute Gasteiger partial charge is 0.486 e. The molecule has 0 saturated carbocycles. The molecule has 2 N–H and O–H groups in total. The minimum atomic E-state index is -1.49. The summed E-state index contributed by atoms with van der Waals surface area (Å²) in [4.78, 5) is 10.9. The topological polar surface area (TPSA) is 76.0 Å². The van der Waals surface area contributed by atoms with Crippen LogP contribution in [0.25, 0.3) is 11.1 Å². The molecule has 36 heavy (non-hydrogen) atoms. The Labute approximate surface area is 210 Å². The van der Waals surface area contributed by atoms with Crippen molar-refractivity contribution in [2.24, 2.45) is 5.41 Å². The van der Waals surface area contributed by atoms with Crippen LogP contribution >= 0.6 is 0 Å². The molecule has 3 rings (SSSR count). The van der Waals surface area contributed by atoms with Gasteiger partial charge in [0.25, 0.3) is 0 Å². The number of hydrogen-bond donors (Lipinski definition) is 2. The molecule has 0 aromatic heterocycles. The van der Waals surface area contributed by atoms with E-state index in [2.05, 4.69) is 0 Å². The fourth-order valence-electron chi connectivity index (χ4n) is 4.15. The number of benzene rings is 3. The third-order valence-corrected chi connectivity index (χ3v) is 5.80. The van der Waals surface area contributed by atoms with E-state index in [0.29, 0.717) is 17.7 Å². The van der Waals surface area contributed by atoms with E-state index < -0.39 is 24.3 Å². The van der Waals surface area contributed by atoms with Gasteiger partial charge in [-0.15, -0.1) is 0 Å². The Bertz CT molecular complexity index is 1200. The molecule has 3 aromatic carbocycles. The highest BCUT2D eigenvalue weighted by atomic mass is 19.1. The van der Waals surface area contributed by atoms with Crippen molar-refractivity contribution < 1.29 is 33.3 Å². The van der Waals surface area contributed by atoms with Crippen LogP contribution in [0, 0.1) is 17.0 Å². The lowest BCUT2D eigenvalue weighted by Crippen LogP contribution is -2.22. The van der Waals surface area contributed by atoms with Gasteiger partial charge in [-0.25, -0.2) is 8.78 Å². The van der Waals surface area contributed by atoms with Crippen LogP contribution < -0.4 is 4.74 Å². The molecule has 192 valence electrons. The van der Waals surface area contributed by atoms with Gasteiger partial charge < -0.3 is 19.7 Å². The molecule has 0 fully saturated rings. The summed E-state index contributed by atoms with van der Waals surface area (Å²) >= 11 is 0. The van der Waals surface area contributed by atoms with Crippen LogP contribution in [0.2, 0.25) is 0 Å². The van der Waals surface area contributed by atoms with Crippen molar-refractivity contribution in [3.63, 3.8) is 0 Å². The number of aliphatic hydroxyl groups is 1. The highest BCUT2D eigenvalue weighted by molar-refractivity contribution is 5.69. The molecule has 0 bridgehead atoms. The number of ether oxygens (including phenoxy) is 2. The summed E-state index contributed by atoms with van der Waals surface area (Å²) in [5.41, 5.74) is 2.23. The Morgan fingerprint density at radius 1 is 0.972 bits per heavy atom. The van der Waals surface area contributed by atoms with E-state index in [9.17, 15) is 18.7 Å². The predicted octanol–water partition coefficient (Wildman–Crippen LogP) is 6.84. The van der Waals surface area contributed by atoms with Crippen LogP contribution in [0.15, 0.2) is 60.7 Å². The zero-order valence-electron chi connectivity index (χ0n) is 20.9. The van der Waals surface area contributed by atoms with Gasteiger partial charge in [0.15, 0.2) is 11.6 Å². The van der Waals surface area contributed by atoms with Crippen molar-refractivity contribution in [1.82, 2.24) is 0 Å². The van der Waals surface area contributed by atoms with Gasteiger partial charge in [0.1, 0.15) is 12.4 Å². The highest BCUT2D eigenvalue weighted by Crippen LogP contribution is 2.42. The molecule has 0 aliphatic carbocycles. The summed E-state index contributed by atoms with van der Waals surface area (Å²) in [6.07, 6.45) is -2.45. The lowest BCUT2D eigenvalue weighted by molar-refractivity contribution is -0.139. The fourth-order valence-corrected chi connectivity index (χ4v) is 4.15. The number of carboxylic acids is 1. The number of carboxylic acid groups (broad SMARTS) is 1. The summed E-state index contributed by atoms with van der Waals surface area (Å²) in [7, 11) is 0. The number of hydrogen-bond acceptors (Lipinski definition) is 4. The van der Waals surface area contributed by atoms with E-state index in [1.807, 2.05) is 39.8 Å². The van der Waals surface area contributed by atoms with Gasteiger partial charge in [-0.1, -0.05) is 63.2 Å². The first-order chi connectivity index (χ1) is 17.0. The van der Waals surface area contributed by atoms with Crippen molar-refractivity contribution in [3.8, 4) is 16.9 Å². The maximum atomic E-state index is 14.9. The standard InChI is InChI=1S/C29H32F2O5/c1-5-35-28(29(2,3)4)22-15-18(13-14-19(22)20-9-6-7-11-23(20)30)17-36-25-12-8-10-21(27(25)31)24(32)16-26(33)34/h6-15,24,28,32H,5,16-17H2,1-4H3,(H,33,34)/t24-,28+/m1/s1. The fraction of sp³-hybridized carbons (Fsp3) is 0.345. The second-order valence-corrected chi connectivity index (χ2v) is 9.66. The zero-order chi connectivity index (χ0) is 26.5. The molecule has 7 heteroatoms. The van der Waals surface area contributed by atoms with Crippen molar-refractivity contribution in [3.05, 3.63) is 89.0 Å². The lowest BCUT2D eigenvalue weighted by Gasteiger charge is -2.32. The van der Waals surface area contributed by atoms with Crippen molar-refractivity contribution in [2.45, 2.75) is 52.9 Å². The van der Waals surface area contributed by atoms with E-state index in [0.717, 1.165) is 11.1 Å². The predicted molar refractivity (Wildman–Crippen MR) is 134 cm³/mol. The summed E-state index contributed by atoms with van der Waals surface area (Å²) in [5.74, 6) is -2.49. The monoisotopic (exact) mass is 498 g/mol. The molecule has 0 saturated heterocycles. The first-order valence-electron chi connectivity index (χ1n) is 11.8. The van der Waals surface area contributed by atoms with E-state index in [4.69, 9.17) is 14.6 Å². The second-order valence-electron chi connectivity index (χ2n) is 9.66. The van der Waals surface area contributed by atoms with Crippen LogP contribution in [-0.4, -0.2) is 22.8 Å². The van der Waals surface area contributed by atoms with Crippen LogP contribution in [0.1, 0.15) is 63.0 Å². The van der Waals surface area contributed by atoms with Crippen LogP contribution in [0.4, 0.5) is 8.78 Å². The molecule has 3 aromatic rings. The van der Waals surface area contributed by atoms with Gasteiger partial charge in [0.2, 0.25) is 0 Å². The molecular weight excluding hydrogens is 466 g/mol. The van der Waals surface area contributed by atoms with E-state index in [1.165, 1.54) is 24.3 Å². The van der Waals surface area contributed by atoms with E-state index in [1.54, 1.807) is 24.3 Å². The molecular formula is C29H32F2O5. The second kappa shape index (κ2) is 11.6. The Morgan fingerprint density at radius 3 is 2.33 bits per heavy atom. The van der Waals surface area contributed by atoms with Crippen molar-refractivity contribution in [2.75, 3.05) is 6.61 Å². The SMILES string of the molecule is CCO[C@@H](c1cc(COc2cccc([C@H](O)CC(=O)O)c2F)ccc1-c1ccccc1F)C(C)(C)C. The Morgan fingerprint density at radius 2 is 1.69 bits per heavy atom. The van der Waals surface area contributed by atoms with Gasteiger partial charge >= 0.3 is 5.97 Å². The molecule has 0 unspecified atom stereocenters. The first kappa shape index (κ1) is 27.3. The van der Waals surface area contributed by atoms with Crippen LogP contribution in [-0.2, 0) is 16.1 Å². The zero-order valence-corrected chi connectivity index (χ0v) is 20.9. The maximum absolute atomic E-state index is 14.9. The number of halogens is 2. The normalized spacial score (nSPS) is 13.3. The van der Waals surface area contributed by atoms with E-state index in [-0.39, 0.29) is 35.3 Å². The average molecular weight is 499 g/mol. The minimum Gasteiger partial charge on any atom is -0.486 e. The van der Waals surface area contributed by atoms with Gasteiger partial charge in [0, 0.05) is 17.7 Å². The molecule has 0 aliphatic heterocycles. The molecule has 0 spiro atoms. The average Bonchev–Trinajstić information content (AvgIpc) is 2.81. The molecule has 0 radical (unpaired) electrons. The number of aliphatic carboxylic acids is 1. The Kier molecular flexibility index (Phi) is 8.82. The molecule has 0 aliphatic rings. The minimum absolute atomic E-state index is 0.00292. The number of rotatable bonds is 10. The van der Waals surface area contributed by atoms with Crippen LogP contribution in [0.3, 0.4) is 0 Å². The molecule has 0 heterocycles. The van der Waals surface area contributed by atoms with Gasteiger partial charge in [-0.2, -0.15) is 0 Å². The third-order valence-electron chi connectivity index (χ3n) is 5.80. The summed E-state index contributed by atoms with van der Waals surface area (Å²) in [5, 5.41) is 18.9. The summed E-state index contributed by atoms with van der Waals surface area (Å²) in [6.45, 7) is 8.52. The third kappa shape index (κ3) is 6.47. The maximum Gasteiger partial charge on any atom is 0.306 e.